The standard InChI is InChI=1S/C25H19FN6O2/c26-21-13-19(8-7-18(21)14-34-15-20-6-1-2-11-27-20)28-25(33)17-5-3-4-16(12-17)22-9-10-23-24(29-22)31-32-30-23/h1-13H,14-15H2,(H,28,33)(H,29,30,31,32). The second-order valence-corrected chi connectivity index (χ2v) is 7.53. The largest absolute Gasteiger partial charge is 0.370 e. The number of aromatic nitrogens is 5. The number of carbonyl (C=O) groups is 1. The third kappa shape index (κ3) is 4.79. The van der Waals surface area contributed by atoms with E-state index in [1.165, 1.54) is 6.07 Å². The highest BCUT2D eigenvalue weighted by Gasteiger charge is 2.11. The molecular weight excluding hydrogens is 435 g/mol. The lowest BCUT2D eigenvalue weighted by molar-refractivity contribution is 0.102. The first-order valence-electron chi connectivity index (χ1n) is 10.5. The minimum Gasteiger partial charge on any atom is -0.370 e. The van der Waals surface area contributed by atoms with Crippen LogP contribution in [0.5, 0.6) is 0 Å². The van der Waals surface area contributed by atoms with Crippen LogP contribution in [-0.4, -0.2) is 31.3 Å². The fourth-order valence-corrected chi connectivity index (χ4v) is 3.42. The van der Waals surface area contributed by atoms with Gasteiger partial charge >= 0.3 is 0 Å². The Morgan fingerprint density at radius 1 is 1.00 bits per heavy atom. The fourth-order valence-electron chi connectivity index (χ4n) is 3.42. The van der Waals surface area contributed by atoms with Gasteiger partial charge in [0.2, 0.25) is 0 Å². The number of benzene rings is 2. The van der Waals surface area contributed by atoms with Crippen molar-refractivity contribution in [1.29, 1.82) is 0 Å². The molecule has 168 valence electrons. The topological polar surface area (TPSA) is 106 Å². The number of nitrogens with zero attached hydrogens (tertiary/aromatic N) is 4. The van der Waals surface area contributed by atoms with Gasteiger partial charge in [0.05, 0.1) is 24.6 Å². The van der Waals surface area contributed by atoms with Crippen molar-refractivity contribution in [3.8, 4) is 11.3 Å². The molecule has 34 heavy (non-hydrogen) atoms. The Morgan fingerprint density at radius 3 is 2.79 bits per heavy atom. The SMILES string of the molecule is O=C(Nc1ccc(COCc2ccccn2)c(F)c1)c1cccc(-c2ccc3nn[nH]c3n2)c1. The zero-order valence-electron chi connectivity index (χ0n) is 17.9. The molecule has 0 spiro atoms. The summed E-state index contributed by atoms with van der Waals surface area (Å²) >= 11 is 0. The van der Waals surface area contributed by atoms with E-state index in [0.29, 0.717) is 33.7 Å². The molecule has 0 unspecified atom stereocenters. The lowest BCUT2D eigenvalue weighted by Gasteiger charge is -2.10. The van der Waals surface area contributed by atoms with E-state index < -0.39 is 5.82 Å². The zero-order chi connectivity index (χ0) is 23.3. The molecule has 0 saturated carbocycles. The number of hydrogen-bond acceptors (Lipinski definition) is 6. The van der Waals surface area contributed by atoms with Crippen LogP contribution in [0.25, 0.3) is 22.4 Å². The first-order valence-corrected chi connectivity index (χ1v) is 10.5. The lowest BCUT2D eigenvalue weighted by atomic mass is 10.1. The zero-order valence-corrected chi connectivity index (χ0v) is 17.9. The molecule has 0 aliphatic carbocycles. The highest BCUT2D eigenvalue weighted by molar-refractivity contribution is 6.05. The third-order valence-corrected chi connectivity index (χ3v) is 5.15. The summed E-state index contributed by atoms with van der Waals surface area (Å²) in [6.07, 6.45) is 1.68. The number of aromatic amines is 1. The molecule has 8 nitrogen and oxygen atoms in total. The summed E-state index contributed by atoms with van der Waals surface area (Å²) in [6, 6.07) is 20.7. The first kappa shape index (κ1) is 21.4. The van der Waals surface area contributed by atoms with Crippen LogP contribution in [0.15, 0.2) is 79.0 Å². The highest BCUT2D eigenvalue weighted by atomic mass is 19.1. The number of anilines is 1. The van der Waals surface area contributed by atoms with E-state index in [1.807, 2.05) is 30.3 Å². The number of hydrogen-bond donors (Lipinski definition) is 2. The lowest BCUT2D eigenvalue weighted by Crippen LogP contribution is -2.12. The summed E-state index contributed by atoms with van der Waals surface area (Å²) in [5, 5.41) is 13.1. The summed E-state index contributed by atoms with van der Waals surface area (Å²) in [7, 11) is 0. The van der Waals surface area contributed by atoms with Crippen molar-refractivity contribution in [3.05, 3.63) is 102 Å². The molecule has 3 aromatic heterocycles. The molecule has 1 amide bonds. The van der Waals surface area contributed by atoms with Crippen molar-refractivity contribution in [2.24, 2.45) is 0 Å². The second kappa shape index (κ2) is 9.55. The summed E-state index contributed by atoms with van der Waals surface area (Å²) < 4.78 is 20.1. The molecule has 9 heteroatoms. The van der Waals surface area contributed by atoms with Crippen molar-refractivity contribution in [2.45, 2.75) is 13.2 Å². The van der Waals surface area contributed by atoms with Crippen LogP contribution in [0.3, 0.4) is 0 Å². The monoisotopic (exact) mass is 454 g/mol. The van der Waals surface area contributed by atoms with Crippen LogP contribution in [0, 0.1) is 5.82 Å². The Hall–Kier alpha value is -4.50. The van der Waals surface area contributed by atoms with Gasteiger partial charge in [-0.1, -0.05) is 29.5 Å². The molecule has 0 radical (unpaired) electrons. The molecule has 5 aromatic rings. The van der Waals surface area contributed by atoms with Crippen LogP contribution < -0.4 is 5.32 Å². The maximum Gasteiger partial charge on any atom is 0.255 e. The number of pyridine rings is 2. The maximum atomic E-state index is 14.5. The van der Waals surface area contributed by atoms with Crippen molar-refractivity contribution >= 4 is 22.8 Å². The van der Waals surface area contributed by atoms with Gasteiger partial charge < -0.3 is 10.1 Å². The molecule has 0 bridgehead atoms. The van der Waals surface area contributed by atoms with Crippen LogP contribution in [0.4, 0.5) is 10.1 Å². The summed E-state index contributed by atoms with van der Waals surface area (Å²) in [5.41, 5.74) is 4.59. The van der Waals surface area contributed by atoms with Crippen molar-refractivity contribution < 1.29 is 13.9 Å². The number of carbonyl (C=O) groups excluding carboxylic acids is 1. The minimum atomic E-state index is -0.460. The Kier molecular flexibility index (Phi) is 6.00. The number of rotatable bonds is 7. The molecule has 0 aliphatic heterocycles. The molecular formula is C25H19FN6O2. The van der Waals surface area contributed by atoms with Crippen LogP contribution in [-0.2, 0) is 18.0 Å². The molecule has 2 N–H and O–H groups in total. The van der Waals surface area contributed by atoms with Gasteiger partial charge in [-0.15, -0.1) is 5.10 Å². The quantitative estimate of drug-likeness (QED) is 0.375. The Morgan fingerprint density at radius 2 is 1.94 bits per heavy atom. The first-order chi connectivity index (χ1) is 16.7. The van der Waals surface area contributed by atoms with Crippen LogP contribution >= 0.6 is 0 Å². The number of halogens is 1. The number of amides is 1. The Bertz CT molecular complexity index is 1450. The number of ether oxygens (including phenoxy) is 1. The number of nitrogens with one attached hydrogen (secondary N) is 2. The summed E-state index contributed by atoms with van der Waals surface area (Å²) in [6.45, 7) is 0.385. The molecule has 2 aromatic carbocycles. The average Bonchev–Trinajstić information content (AvgIpc) is 3.34. The van der Waals surface area contributed by atoms with Gasteiger partial charge in [-0.3, -0.25) is 9.78 Å². The maximum absolute atomic E-state index is 14.5. The second-order valence-electron chi connectivity index (χ2n) is 7.53. The van der Waals surface area contributed by atoms with Gasteiger partial charge in [0, 0.05) is 28.6 Å². The van der Waals surface area contributed by atoms with Crippen molar-refractivity contribution in [2.75, 3.05) is 5.32 Å². The van der Waals surface area contributed by atoms with Crippen molar-refractivity contribution in [3.63, 3.8) is 0 Å². The number of H-pyrrole nitrogens is 1. The van der Waals surface area contributed by atoms with E-state index in [1.54, 1.807) is 42.6 Å². The average molecular weight is 454 g/mol. The predicted octanol–water partition coefficient (Wildman–Crippen LogP) is 4.52. The van der Waals surface area contributed by atoms with Gasteiger partial charge in [0.1, 0.15) is 11.3 Å². The van der Waals surface area contributed by atoms with Crippen LogP contribution in [0.1, 0.15) is 21.6 Å². The molecule has 5 rings (SSSR count). The molecule has 0 atom stereocenters. The molecule has 0 aliphatic rings. The Balaban J connectivity index is 1.25. The van der Waals surface area contributed by atoms with Gasteiger partial charge in [-0.05, 0) is 48.5 Å². The molecule has 3 heterocycles. The summed E-state index contributed by atoms with van der Waals surface area (Å²) in [4.78, 5) is 21.4. The van der Waals surface area contributed by atoms with Crippen molar-refractivity contribution in [1.82, 2.24) is 25.4 Å². The van der Waals surface area contributed by atoms with Gasteiger partial charge in [0.25, 0.3) is 5.91 Å². The smallest absolute Gasteiger partial charge is 0.255 e. The third-order valence-electron chi connectivity index (χ3n) is 5.15. The predicted molar refractivity (Wildman–Crippen MR) is 124 cm³/mol. The van der Waals surface area contributed by atoms with E-state index in [0.717, 1.165) is 11.3 Å². The van der Waals surface area contributed by atoms with E-state index >= 15 is 0 Å². The van der Waals surface area contributed by atoms with Gasteiger partial charge in [-0.2, -0.15) is 0 Å². The molecule has 0 saturated heterocycles. The normalized spacial score (nSPS) is 11.0. The van der Waals surface area contributed by atoms with E-state index in [4.69, 9.17) is 4.74 Å². The number of fused-ring (bicyclic) bond motifs is 1. The van der Waals surface area contributed by atoms with Gasteiger partial charge in [-0.25, -0.2) is 14.5 Å². The van der Waals surface area contributed by atoms with E-state index in [2.05, 4.69) is 30.7 Å². The molecule has 0 fully saturated rings. The van der Waals surface area contributed by atoms with Crippen LogP contribution in [0.2, 0.25) is 0 Å². The van der Waals surface area contributed by atoms with Gasteiger partial charge in [0.15, 0.2) is 5.65 Å². The highest BCUT2D eigenvalue weighted by Crippen LogP contribution is 2.22. The fraction of sp³-hybridized carbons (Fsp3) is 0.0800. The minimum absolute atomic E-state index is 0.0991. The van der Waals surface area contributed by atoms with E-state index in [9.17, 15) is 9.18 Å². The Labute approximate surface area is 193 Å². The van der Waals surface area contributed by atoms with E-state index in [-0.39, 0.29) is 19.1 Å². The summed E-state index contributed by atoms with van der Waals surface area (Å²) in [5.74, 6) is -0.817.